The zero-order chi connectivity index (χ0) is 21.7. The van der Waals surface area contributed by atoms with Gasteiger partial charge in [0.1, 0.15) is 0 Å². The van der Waals surface area contributed by atoms with Crippen molar-refractivity contribution >= 4 is 40.9 Å². The van der Waals surface area contributed by atoms with Gasteiger partial charge in [-0.15, -0.1) is 0 Å². The van der Waals surface area contributed by atoms with E-state index in [1.54, 1.807) is 0 Å². The van der Waals surface area contributed by atoms with E-state index < -0.39 is 24.4 Å². The summed E-state index contributed by atoms with van der Waals surface area (Å²) in [6.45, 7) is 2.25. The van der Waals surface area contributed by atoms with Crippen molar-refractivity contribution in [2.45, 2.75) is 129 Å². The predicted octanol–water partition coefficient (Wildman–Crippen LogP) is 2.63. The zero-order valence-electron chi connectivity index (χ0n) is 19.1. The molecule has 1 N–H and O–H groups in total. The van der Waals surface area contributed by atoms with E-state index in [1.807, 2.05) is 0 Å². The molecule has 7 heteroatoms. The molecule has 0 spiro atoms. The average Bonchev–Trinajstić information content (AvgIpc) is 2.67. The van der Waals surface area contributed by atoms with E-state index in [-0.39, 0.29) is 41.8 Å². The Hall–Kier alpha value is -0.824. The fourth-order valence-electron chi connectivity index (χ4n) is 3.43. The van der Waals surface area contributed by atoms with E-state index in [1.165, 1.54) is 77.0 Å². The minimum absolute atomic E-state index is 0. The van der Waals surface area contributed by atoms with E-state index in [0.717, 1.165) is 12.8 Å². The third-order valence-electron chi connectivity index (χ3n) is 5.26. The Balaban J connectivity index is 0. The maximum Gasteiger partial charge on any atom is 2.00 e. The predicted molar refractivity (Wildman–Crippen MR) is 116 cm³/mol. The molecule has 0 aromatic carbocycles. The first kappa shape index (κ1) is 31.4. The third kappa shape index (κ3) is 21.9. The minimum Gasteiger partial charge on any atom is -0.550 e. The van der Waals surface area contributed by atoms with Gasteiger partial charge >= 0.3 is 23.1 Å². The molecule has 0 heterocycles. The van der Waals surface area contributed by atoms with Crippen LogP contribution in [0.4, 0.5) is 0 Å². The summed E-state index contributed by atoms with van der Waals surface area (Å²) in [6, 6.07) is -1.27. The topological polar surface area (TPSA) is 109 Å². The monoisotopic (exact) mass is 435 g/mol. The van der Waals surface area contributed by atoms with Gasteiger partial charge in [-0.3, -0.25) is 4.79 Å². The summed E-state index contributed by atoms with van der Waals surface area (Å²) in [5, 5.41) is 23.7. The molecule has 0 aromatic heterocycles. The van der Waals surface area contributed by atoms with Gasteiger partial charge in [-0.05, 0) is 19.3 Å². The molecule has 0 saturated carbocycles. The van der Waals surface area contributed by atoms with Crippen LogP contribution in [0.1, 0.15) is 122 Å². The Labute approximate surface area is 199 Å². The first-order valence-electron chi connectivity index (χ1n) is 11.7. The molecule has 0 fully saturated rings. The number of hydrogen-bond donors (Lipinski definition) is 1. The van der Waals surface area contributed by atoms with E-state index in [9.17, 15) is 24.6 Å². The number of carboxylic acids is 2. The molecule has 0 aliphatic carbocycles. The van der Waals surface area contributed by atoms with Crippen molar-refractivity contribution in [2.24, 2.45) is 0 Å². The Morgan fingerprint density at radius 3 is 1.43 bits per heavy atom. The number of hydrogen-bond acceptors (Lipinski definition) is 5. The first-order chi connectivity index (χ1) is 14.0. The molecule has 30 heavy (non-hydrogen) atoms. The van der Waals surface area contributed by atoms with Crippen LogP contribution in [0, 0.1) is 0 Å². The molecule has 0 unspecified atom stereocenters. The number of carbonyl (C=O) groups excluding carboxylic acids is 3. The summed E-state index contributed by atoms with van der Waals surface area (Å²) < 4.78 is 0. The van der Waals surface area contributed by atoms with Crippen molar-refractivity contribution in [2.75, 3.05) is 0 Å². The molecular weight excluding hydrogens is 395 g/mol. The van der Waals surface area contributed by atoms with Gasteiger partial charge in [0.15, 0.2) is 0 Å². The van der Waals surface area contributed by atoms with Gasteiger partial charge in [-0.2, -0.15) is 0 Å². The minimum atomic E-state index is -1.46. The number of rotatable bonds is 21. The number of aliphatic carboxylic acids is 2. The molecule has 0 aliphatic rings. The summed E-state index contributed by atoms with van der Waals surface area (Å²) in [5.74, 6) is -3.17. The molecular formula is C23H41MgNO5. The van der Waals surface area contributed by atoms with Crippen LogP contribution in [0.25, 0.3) is 0 Å². The molecule has 0 bridgehead atoms. The average molecular weight is 436 g/mol. The largest absolute Gasteiger partial charge is 2.00 e. The van der Waals surface area contributed by atoms with Crippen molar-refractivity contribution in [1.82, 2.24) is 5.32 Å². The van der Waals surface area contributed by atoms with Crippen molar-refractivity contribution in [3.05, 3.63) is 0 Å². The van der Waals surface area contributed by atoms with Crippen molar-refractivity contribution in [1.29, 1.82) is 0 Å². The molecule has 1 atom stereocenters. The van der Waals surface area contributed by atoms with Crippen molar-refractivity contribution < 1.29 is 24.6 Å². The molecule has 0 rings (SSSR count). The number of carbonyl (C=O) groups is 3. The van der Waals surface area contributed by atoms with Gasteiger partial charge in [-0.25, -0.2) is 0 Å². The van der Waals surface area contributed by atoms with E-state index in [4.69, 9.17) is 0 Å². The van der Waals surface area contributed by atoms with Gasteiger partial charge in [0.2, 0.25) is 5.91 Å². The number of amides is 1. The van der Waals surface area contributed by atoms with Crippen LogP contribution in [0.15, 0.2) is 0 Å². The van der Waals surface area contributed by atoms with E-state index in [2.05, 4.69) is 12.2 Å². The van der Waals surface area contributed by atoms with Crippen LogP contribution >= 0.6 is 0 Å². The third-order valence-corrected chi connectivity index (χ3v) is 5.26. The summed E-state index contributed by atoms with van der Waals surface area (Å²) in [5.41, 5.74) is 0. The van der Waals surface area contributed by atoms with Gasteiger partial charge in [0, 0.05) is 12.4 Å². The second-order valence-corrected chi connectivity index (χ2v) is 8.05. The van der Waals surface area contributed by atoms with Crippen molar-refractivity contribution in [3.63, 3.8) is 0 Å². The van der Waals surface area contributed by atoms with Crippen LogP contribution < -0.4 is 15.5 Å². The fraction of sp³-hybridized carbons (Fsp3) is 0.870. The van der Waals surface area contributed by atoms with Crippen molar-refractivity contribution in [3.8, 4) is 0 Å². The molecule has 170 valence electrons. The standard InChI is InChI=1S/C23H43NO5.Mg/c1-2-3-4-5-6-7-8-9-10-11-12-13-14-15-16-17-21(25)24-20(23(28)29)18-19-22(26)27;/h20H,2-19H2,1H3,(H,24,25)(H,26,27)(H,28,29);/q;+2/p-2/t20-;/m1./s1. The van der Waals surface area contributed by atoms with Gasteiger partial charge in [0.25, 0.3) is 0 Å². The quantitative estimate of drug-likeness (QED) is 0.220. The molecule has 0 saturated heterocycles. The SMILES string of the molecule is CCCCCCCCCCCCCCCCCC(=O)N[C@H](CCC(=O)[O-])C(=O)[O-].[Mg+2]. The Morgan fingerprint density at radius 2 is 1.07 bits per heavy atom. The Bertz CT molecular complexity index is 445. The summed E-state index contributed by atoms with van der Waals surface area (Å²) in [7, 11) is 0. The summed E-state index contributed by atoms with van der Waals surface area (Å²) >= 11 is 0. The maximum absolute atomic E-state index is 11.8. The smallest absolute Gasteiger partial charge is 0.550 e. The summed E-state index contributed by atoms with van der Waals surface area (Å²) in [4.78, 5) is 33.1. The van der Waals surface area contributed by atoms with Crippen LogP contribution in [0.3, 0.4) is 0 Å². The number of carboxylic acid groups (broad SMARTS) is 2. The molecule has 0 radical (unpaired) electrons. The first-order valence-corrected chi connectivity index (χ1v) is 11.7. The second kappa shape index (κ2) is 22.9. The van der Waals surface area contributed by atoms with E-state index >= 15 is 0 Å². The van der Waals surface area contributed by atoms with Gasteiger partial charge in [0.05, 0.1) is 12.0 Å². The van der Waals surface area contributed by atoms with E-state index in [0.29, 0.717) is 6.42 Å². The molecule has 0 aromatic rings. The number of unbranched alkanes of at least 4 members (excludes halogenated alkanes) is 14. The van der Waals surface area contributed by atoms with Gasteiger partial charge in [-0.1, -0.05) is 96.8 Å². The van der Waals surface area contributed by atoms with Crippen LogP contribution in [-0.2, 0) is 14.4 Å². The molecule has 1 amide bonds. The second-order valence-electron chi connectivity index (χ2n) is 8.05. The molecule has 6 nitrogen and oxygen atoms in total. The van der Waals surface area contributed by atoms with Crippen LogP contribution in [0.2, 0.25) is 0 Å². The molecule has 0 aliphatic heterocycles. The Kier molecular flexibility index (Phi) is 23.9. The van der Waals surface area contributed by atoms with Gasteiger partial charge < -0.3 is 25.1 Å². The Morgan fingerprint density at radius 1 is 0.667 bits per heavy atom. The summed E-state index contributed by atoms with van der Waals surface area (Å²) in [6.07, 6.45) is 18.3. The normalized spacial score (nSPS) is 11.5. The van der Waals surface area contributed by atoms with Crippen LogP contribution in [-0.4, -0.2) is 46.9 Å². The number of nitrogens with one attached hydrogen (secondary N) is 1. The maximum atomic E-state index is 11.8. The fourth-order valence-corrected chi connectivity index (χ4v) is 3.43. The van der Waals surface area contributed by atoms with Crippen LogP contribution in [0.5, 0.6) is 0 Å². The zero-order valence-corrected chi connectivity index (χ0v) is 20.5.